The number of pyridine rings is 1. The van der Waals surface area contributed by atoms with Gasteiger partial charge in [-0.25, -0.2) is 4.98 Å². The maximum atomic E-state index is 9.18. The van der Waals surface area contributed by atoms with Crippen LogP contribution in [-0.2, 0) is 0 Å². The van der Waals surface area contributed by atoms with Crippen LogP contribution in [0.4, 0.5) is 5.82 Å². The third-order valence-corrected chi connectivity index (χ3v) is 5.22. The Kier molecular flexibility index (Phi) is 4.13. The molecule has 0 aliphatic heterocycles. The molecule has 3 nitrogen and oxygen atoms in total. The first-order valence-corrected chi connectivity index (χ1v) is 7.58. The Hall–Kier alpha value is -1.21. The monoisotopic (exact) mass is 261 g/mol. The average Bonchev–Trinajstić information content (AvgIpc) is 2.86. The molecule has 1 N–H and O–H groups in total. The van der Waals surface area contributed by atoms with E-state index in [1.54, 1.807) is 6.20 Å². The second-order valence-corrected chi connectivity index (χ2v) is 6.19. The molecule has 1 fully saturated rings. The zero-order chi connectivity index (χ0) is 13.0. The lowest BCUT2D eigenvalue weighted by atomic mass is 10.1. The molecule has 1 saturated carbocycles. The minimum absolute atomic E-state index is 0.331. The Labute approximate surface area is 113 Å². The number of anilines is 1. The second kappa shape index (κ2) is 5.62. The Morgan fingerprint density at radius 2 is 2.22 bits per heavy atom. The van der Waals surface area contributed by atoms with Crippen LogP contribution in [0.2, 0.25) is 0 Å². The highest BCUT2D eigenvalue weighted by Crippen LogP contribution is 2.40. The van der Waals surface area contributed by atoms with Gasteiger partial charge in [-0.15, -0.1) is 0 Å². The van der Waals surface area contributed by atoms with Crippen LogP contribution >= 0.6 is 11.8 Å². The van der Waals surface area contributed by atoms with Gasteiger partial charge in [0, 0.05) is 17.5 Å². The van der Waals surface area contributed by atoms with E-state index in [-0.39, 0.29) is 0 Å². The molecule has 1 aromatic heterocycles. The minimum atomic E-state index is 0.331. The van der Waals surface area contributed by atoms with Crippen LogP contribution in [0, 0.1) is 18.3 Å². The number of rotatable bonds is 4. The van der Waals surface area contributed by atoms with Gasteiger partial charge in [-0.3, -0.25) is 0 Å². The summed E-state index contributed by atoms with van der Waals surface area (Å²) in [6.07, 6.45) is 9.09. The number of aromatic nitrogens is 1. The third kappa shape index (κ3) is 2.62. The molecule has 1 aromatic rings. The quantitative estimate of drug-likeness (QED) is 0.903. The maximum Gasteiger partial charge on any atom is 0.144 e. The average molecular weight is 261 g/mol. The summed E-state index contributed by atoms with van der Waals surface area (Å²) in [5.41, 5.74) is 1.66. The topological polar surface area (TPSA) is 48.7 Å². The first-order chi connectivity index (χ1) is 8.71. The summed E-state index contributed by atoms with van der Waals surface area (Å²) in [6, 6.07) is 4.12. The van der Waals surface area contributed by atoms with Crippen LogP contribution in [0.25, 0.3) is 0 Å². The van der Waals surface area contributed by atoms with Gasteiger partial charge in [0.2, 0.25) is 0 Å². The molecule has 0 radical (unpaired) electrons. The molecule has 0 aromatic carbocycles. The molecule has 1 heterocycles. The van der Waals surface area contributed by atoms with Crippen LogP contribution in [0.3, 0.4) is 0 Å². The van der Waals surface area contributed by atoms with E-state index in [0.29, 0.717) is 10.3 Å². The Bertz CT molecular complexity index is 459. The van der Waals surface area contributed by atoms with Crippen molar-refractivity contribution in [3.8, 4) is 6.07 Å². The Balaban J connectivity index is 2.11. The summed E-state index contributed by atoms with van der Waals surface area (Å²) in [5, 5.41) is 12.6. The normalized spacial score (nSPS) is 17.4. The molecule has 18 heavy (non-hydrogen) atoms. The number of aryl methyl sites for hydroxylation is 1. The van der Waals surface area contributed by atoms with E-state index in [0.717, 1.165) is 17.9 Å². The van der Waals surface area contributed by atoms with E-state index in [1.165, 1.54) is 25.7 Å². The number of hydrogen-bond acceptors (Lipinski definition) is 4. The molecule has 1 aliphatic rings. The molecule has 0 spiro atoms. The molecule has 2 rings (SSSR count). The summed E-state index contributed by atoms with van der Waals surface area (Å²) in [7, 11) is 0. The van der Waals surface area contributed by atoms with Crippen molar-refractivity contribution in [3.63, 3.8) is 0 Å². The van der Waals surface area contributed by atoms with Crippen molar-refractivity contribution in [2.45, 2.75) is 37.4 Å². The Morgan fingerprint density at radius 3 is 2.83 bits per heavy atom. The smallest absolute Gasteiger partial charge is 0.144 e. The number of hydrogen-bond donors (Lipinski definition) is 1. The van der Waals surface area contributed by atoms with Crippen molar-refractivity contribution >= 4 is 17.6 Å². The molecule has 0 unspecified atom stereocenters. The number of nitrogens with zero attached hydrogens (tertiary/aromatic N) is 2. The molecule has 0 atom stereocenters. The van der Waals surface area contributed by atoms with Crippen molar-refractivity contribution in [3.05, 3.63) is 23.4 Å². The van der Waals surface area contributed by atoms with E-state index in [4.69, 9.17) is 0 Å². The van der Waals surface area contributed by atoms with E-state index in [1.807, 2.05) is 24.8 Å². The van der Waals surface area contributed by atoms with Gasteiger partial charge in [0.15, 0.2) is 0 Å². The first-order valence-electron chi connectivity index (χ1n) is 6.35. The molecular formula is C14H19N3S. The van der Waals surface area contributed by atoms with Gasteiger partial charge >= 0.3 is 0 Å². The highest BCUT2D eigenvalue weighted by atomic mass is 32.2. The number of nitrogens with one attached hydrogen (secondary N) is 1. The molecular weight excluding hydrogens is 242 g/mol. The summed E-state index contributed by atoms with van der Waals surface area (Å²) in [5.74, 6) is 0.734. The van der Waals surface area contributed by atoms with Crippen LogP contribution in [0.15, 0.2) is 12.3 Å². The number of nitriles is 1. The molecule has 0 saturated heterocycles. The SMILES string of the molecule is CSC1(CNc2nccc(C)c2C#N)CCCC1. The lowest BCUT2D eigenvalue weighted by Crippen LogP contribution is -2.30. The lowest BCUT2D eigenvalue weighted by Gasteiger charge is -2.27. The van der Waals surface area contributed by atoms with Crippen molar-refractivity contribution in [1.82, 2.24) is 4.98 Å². The highest BCUT2D eigenvalue weighted by molar-refractivity contribution is 8.00. The summed E-state index contributed by atoms with van der Waals surface area (Å²) < 4.78 is 0.331. The van der Waals surface area contributed by atoms with Crippen molar-refractivity contribution < 1.29 is 0 Å². The van der Waals surface area contributed by atoms with Gasteiger partial charge in [-0.05, 0) is 37.7 Å². The fourth-order valence-corrected chi connectivity index (χ4v) is 3.46. The zero-order valence-corrected chi connectivity index (χ0v) is 11.8. The van der Waals surface area contributed by atoms with Gasteiger partial charge in [-0.1, -0.05) is 12.8 Å². The Morgan fingerprint density at radius 1 is 1.50 bits per heavy atom. The van der Waals surface area contributed by atoms with Gasteiger partial charge in [0.25, 0.3) is 0 Å². The summed E-state index contributed by atoms with van der Waals surface area (Å²) in [6.45, 7) is 2.85. The summed E-state index contributed by atoms with van der Waals surface area (Å²) in [4.78, 5) is 4.29. The van der Waals surface area contributed by atoms with Crippen LogP contribution in [0.1, 0.15) is 36.8 Å². The van der Waals surface area contributed by atoms with Gasteiger partial charge < -0.3 is 5.32 Å². The van der Waals surface area contributed by atoms with Gasteiger partial charge in [0.1, 0.15) is 11.9 Å². The first kappa shape index (κ1) is 13.2. The standard InChI is InChI=1S/C14H19N3S/c1-11-5-8-16-13(12(11)9-15)17-10-14(18-2)6-3-4-7-14/h5,8H,3-4,6-7,10H2,1-2H3,(H,16,17). The van der Waals surface area contributed by atoms with Crippen LogP contribution in [0.5, 0.6) is 0 Å². The molecule has 0 bridgehead atoms. The lowest BCUT2D eigenvalue weighted by molar-refractivity contribution is 0.638. The van der Waals surface area contributed by atoms with Crippen molar-refractivity contribution in [1.29, 1.82) is 5.26 Å². The molecule has 96 valence electrons. The fourth-order valence-electron chi connectivity index (χ4n) is 2.55. The number of thioether (sulfide) groups is 1. The summed E-state index contributed by atoms with van der Waals surface area (Å²) >= 11 is 1.94. The zero-order valence-electron chi connectivity index (χ0n) is 11.0. The van der Waals surface area contributed by atoms with Gasteiger partial charge in [0.05, 0.1) is 5.56 Å². The van der Waals surface area contributed by atoms with Crippen LogP contribution in [-0.4, -0.2) is 22.5 Å². The van der Waals surface area contributed by atoms with Crippen molar-refractivity contribution in [2.24, 2.45) is 0 Å². The second-order valence-electron chi connectivity index (χ2n) is 4.91. The predicted octanol–water partition coefficient (Wildman–Crippen LogP) is 3.35. The molecule has 1 aliphatic carbocycles. The molecule has 4 heteroatoms. The van der Waals surface area contributed by atoms with E-state index >= 15 is 0 Å². The third-order valence-electron chi connectivity index (χ3n) is 3.80. The maximum absolute atomic E-state index is 9.18. The van der Waals surface area contributed by atoms with Crippen molar-refractivity contribution in [2.75, 3.05) is 18.1 Å². The van der Waals surface area contributed by atoms with E-state index < -0.39 is 0 Å². The highest BCUT2D eigenvalue weighted by Gasteiger charge is 2.32. The van der Waals surface area contributed by atoms with E-state index in [9.17, 15) is 5.26 Å². The largest absolute Gasteiger partial charge is 0.368 e. The van der Waals surface area contributed by atoms with Gasteiger partial charge in [-0.2, -0.15) is 17.0 Å². The molecule has 0 amide bonds. The minimum Gasteiger partial charge on any atom is -0.368 e. The van der Waals surface area contributed by atoms with E-state index in [2.05, 4.69) is 22.6 Å². The van der Waals surface area contributed by atoms with Crippen LogP contribution < -0.4 is 5.32 Å². The predicted molar refractivity (Wildman–Crippen MR) is 76.9 cm³/mol. The fraction of sp³-hybridized carbons (Fsp3) is 0.571.